The molecule has 34 heavy (non-hydrogen) atoms. The van der Waals surface area contributed by atoms with E-state index in [1.807, 2.05) is 29.7 Å². The number of hydrogen-bond acceptors (Lipinski definition) is 7. The Bertz CT molecular complexity index is 1290. The van der Waals surface area contributed by atoms with Crippen LogP contribution in [0.3, 0.4) is 0 Å². The number of aromatic nitrogens is 3. The van der Waals surface area contributed by atoms with Gasteiger partial charge in [0.15, 0.2) is 0 Å². The summed E-state index contributed by atoms with van der Waals surface area (Å²) in [4.78, 5) is 16.1. The van der Waals surface area contributed by atoms with Gasteiger partial charge in [0.25, 0.3) is 0 Å². The van der Waals surface area contributed by atoms with Crippen LogP contribution >= 0.6 is 11.3 Å². The minimum Gasteiger partial charge on any atom is -0.405 e. The first-order chi connectivity index (χ1) is 16.7. The quantitative estimate of drug-likeness (QED) is 0.391. The van der Waals surface area contributed by atoms with Crippen molar-refractivity contribution in [2.45, 2.75) is 31.8 Å². The third-order valence-corrected chi connectivity index (χ3v) is 7.27. The maximum Gasteiger partial charge on any atom is 0.148 e. The van der Waals surface area contributed by atoms with Crippen molar-refractivity contribution in [3.63, 3.8) is 0 Å². The lowest BCUT2D eigenvalue weighted by molar-refractivity contribution is 0.199. The van der Waals surface area contributed by atoms with E-state index in [2.05, 4.69) is 55.9 Å². The summed E-state index contributed by atoms with van der Waals surface area (Å²) in [5.41, 5.74) is 9.55. The van der Waals surface area contributed by atoms with Gasteiger partial charge in [-0.15, -0.1) is 11.3 Å². The van der Waals surface area contributed by atoms with Crippen LogP contribution in [0.4, 0.5) is 5.82 Å². The molecule has 0 bridgehead atoms. The van der Waals surface area contributed by atoms with Crippen LogP contribution in [-0.4, -0.2) is 40.8 Å². The topological polar surface area (TPSA) is 80.0 Å². The number of benzene rings is 1. The summed E-state index contributed by atoms with van der Waals surface area (Å²) < 4.78 is 1.35. The van der Waals surface area contributed by atoms with Gasteiger partial charge in [-0.1, -0.05) is 24.3 Å². The van der Waals surface area contributed by atoms with Crippen molar-refractivity contribution >= 4 is 40.6 Å². The van der Waals surface area contributed by atoms with Crippen LogP contribution in [0.5, 0.6) is 0 Å². The van der Waals surface area contributed by atoms with E-state index in [0.29, 0.717) is 23.8 Å². The Morgan fingerprint density at radius 3 is 3.00 bits per heavy atom. The van der Waals surface area contributed by atoms with Gasteiger partial charge in [-0.2, -0.15) is 0 Å². The fourth-order valence-electron chi connectivity index (χ4n) is 4.50. The van der Waals surface area contributed by atoms with Crippen LogP contribution in [0.2, 0.25) is 0 Å². The number of pyridine rings is 1. The van der Waals surface area contributed by atoms with E-state index in [4.69, 9.17) is 18.6 Å². The molecule has 1 aromatic carbocycles. The normalized spacial score (nSPS) is 17.2. The Hall–Kier alpha value is -3.23. The van der Waals surface area contributed by atoms with E-state index in [0.717, 1.165) is 49.6 Å². The number of fused-ring (bicyclic) bond motifs is 1. The molecule has 0 spiro atoms. The molecule has 6 nitrogen and oxygen atoms in total. The first-order valence-electron chi connectivity index (χ1n) is 11.6. The number of thiophene rings is 1. The number of hydrogen-bond donors (Lipinski definition) is 2. The van der Waals surface area contributed by atoms with Gasteiger partial charge in [0.05, 0.1) is 5.69 Å². The van der Waals surface area contributed by atoms with Gasteiger partial charge in [0, 0.05) is 48.7 Å². The summed E-state index contributed by atoms with van der Waals surface area (Å²) in [6.07, 6.45) is 7.19. The number of nitrogens with one attached hydrogen (secondary N) is 1. The highest BCUT2D eigenvalue weighted by Crippen LogP contribution is 2.31. The van der Waals surface area contributed by atoms with Gasteiger partial charge in [-0.3, -0.25) is 9.88 Å². The fraction of sp³-hybridized carbons (Fsp3) is 0.269. The highest BCUT2D eigenvalue weighted by atomic mass is 32.1. The Labute approximate surface area is 205 Å². The van der Waals surface area contributed by atoms with Gasteiger partial charge in [0.2, 0.25) is 0 Å². The molecule has 0 saturated carbocycles. The maximum absolute atomic E-state index is 6.10. The zero-order valence-corrected chi connectivity index (χ0v) is 19.8. The average Bonchev–Trinajstić information content (AvgIpc) is 3.30. The first kappa shape index (κ1) is 22.6. The standard InChI is InChI=1S/C26H27BN6S/c27-22(12-28)26-31-23(11-25(32-26)30-14-18-5-3-9-29-13-18)19-6-4-10-33(15-19)16-20-17-34-24-8-2-1-7-21(20)24/h1-3,5,7-9,11-13,17,19H,4,6,10,14-16,28H2,(H,30,31,32). The smallest absolute Gasteiger partial charge is 0.148 e. The van der Waals surface area contributed by atoms with Crippen molar-refractivity contribution in [2.75, 3.05) is 18.4 Å². The lowest BCUT2D eigenvalue weighted by Crippen LogP contribution is -2.34. The molecule has 1 saturated heterocycles. The van der Waals surface area contributed by atoms with Gasteiger partial charge in [-0.25, -0.2) is 9.97 Å². The molecule has 3 aromatic heterocycles. The van der Waals surface area contributed by atoms with E-state index in [9.17, 15) is 0 Å². The van der Waals surface area contributed by atoms with Crippen LogP contribution in [0.15, 0.2) is 66.4 Å². The minimum atomic E-state index is 0.310. The molecule has 1 fully saturated rings. The Morgan fingerprint density at radius 2 is 2.15 bits per heavy atom. The van der Waals surface area contributed by atoms with Gasteiger partial charge >= 0.3 is 0 Å². The van der Waals surface area contributed by atoms with E-state index in [1.54, 1.807) is 6.20 Å². The molecule has 8 heteroatoms. The largest absolute Gasteiger partial charge is 0.405 e. The Balaban J connectivity index is 1.35. The van der Waals surface area contributed by atoms with E-state index >= 15 is 0 Å². The summed E-state index contributed by atoms with van der Waals surface area (Å²) in [7, 11) is 6.10. The predicted molar refractivity (Wildman–Crippen MR) is 141 cm³/mol. The zero-order valence-electron chi connectivity index (χ0n) is 19.0. The van der Waals surface area contributed by atoms with Crippen LogP contribution in [0.1, 0.15) is 41.4 Å². The average molecular weight is 466 g/mol. The SMILES string of the molecule is [B]C(=CN)c1nc(NCc2cccnc2)cc(C2CCCN(Cc3csc4ccccc34)C2)n1. The molecule has 5 rings (SSSR count). The van der Waals surface area contributed by atoms with E-state index in [1.165, 1.54) is 21.8 Å². The third-order valence-electron chi connectivity index (χ3n) is 6.26. The minimum absolute atomic E-state index is 0.310. The second-order valence-electron chi connectivity index (χ2n) is 8.67. The number of nitrogens with zero attached hydrogens (tertiary/aromatic N) is 4. The molecule has 1 unspecified atom stereocenters. The molecule has 1 aliphatic heterocycles. The molecule has 0 aliphatic carbocycles. The third kappa shape index (κ3) is 5.13. The molecule has 1 atom stereocenters. The molecule has 4 aromatic rings. The maximum atomic E-state index is 6.10. The second kappa shape index (κ2) is 10.4. The lowest BCUT2D eigenvalue weighted by Gasteiger charge is -2.32. The number of piperidine rings is 1. The molecular formula is C26H27BN6S. The van der Waals surface area contributed by atoms with Gasteiger partial charge in [0.1, 0.15) is 19.5 Å². The Morgan fingerprint density at radius 1 is 1.24 bits per heavy atom. The van der Waals surface area contributed by atoms with Crippen molar-refractivity contribution < 1.29 is 0 Å². The second-order valence-corrected chi connectivity index (χ2v) is 9.58. The van der Waals surface area contributed by atoms with Crippen molar-refractivity contribution in [2.24, 2.45) is 5.73 Å². The molecular weight excluding hydrogens is 439 g/mol. The van der Waals surface area contributed by atoms with Crippen LogP contribution in [0.25, 0.3) is 15.6 Å². The summed E-state index contributed by atoms with van der Waals surface area (Å²) >= 11 is 1.82. The number of rotatable bonds is 7. The molecule has 0 amide bonds. The van der Waals surface area contributed by atoms with Crippen LogP contribution < -0.4 is 11.1 Å². The number of anilines is 1. The summed E-state index contributed by atoms with van der Waals surface area (Å²) in [6.45, 7) is 3.62. The van der Waals surface area contributed by atoms with Gasteiger partial charge in [-0.05, 0) is 65.1 Å². The van der Waals surface area contributed by atoms with Crippen molar-refractivity contribution in [1.82, 2.24) is 19.9 Å². The predicted octanol–water partition coefficient (Wildman–Crippen LogP) is 4.50. The van der Waals surface area contributed by atoms with Crippen LogP contribution in [-0.2, 0) is 13.1 Å². The van der Waals surface area contributed by atoms with Crippen molar-refractivity contribution in [1.29, 1.82) is 0 Å². The fourth-order valence-corrected chi connectivity index (χ4v) is 5.46. The molecule has 170 valence electrons. The summed E-state index contributed by atoms with van der Waals surface area (Å²) in [5.74, 6) is 1.52. The first-order valence-corrected chi connectivity index (χ1v) is 12.4. The molecule has 3 N–H and O–H groups in total. The molecule has 1 aliphatic rings. The van der Waals surface area contributed by atoms with Crippen LogP contribution in [0, 0.1) is 0 Å². The van der Waals surface area contributed by atoms with E-state index < -0.39 is 0 Å². The summed E-state index contributed by atoms with van der Waals surface area (Å²) in [5, 5.41) is 7.06. The summed E-state index contributed by atoms with van der Waals surface area (Å²) in [6, 6.07) is 14.7. The molecule has 4 heterocycles. The highest BCUT2D eigenvalue weighted by Gasteiger charge is 2.24. The Kier molecular flexibility index (Phi) is 6.88. The molecule has 2 radical (unpaired) electrons. The van der Waals surface area contributed by atoms with Crippen molar-refractivity contribution in [3.05, 3.63) is 89.1 Å². The van der Waals surface area contributed by atoms with Gasteiger partial charge < -0.3 is 11.1 Å². The van der Waals surface area contributed by atoms with E-state index in [-0.39, 0.29) is 0 Å². The number of likely N-dealkylation sites (tertiary alicyclic amines) is 1. The highest BCUT2D eigenvalue weighted by molar-refractivity contribution is 7.17. The zero-order chi connectivity index (χ0) is 23.3. The number of nitrogens with two attached hydrogens (primary N) is 1. The van der Waals surface area contributed by atoms with Crippen molar-refractivity contribution in [3.8, 4) is 0 Å². The monoisotopic (exact) mass is 466 g/mol. The lowest BCUT2D eigenvalue weighted by atomic mass is 9.92.